The molecule has 0 saturated carbocycles. The Hall–Kier alpha value is -2.71. The first kappa shape index (κ1) is 22.6. The van der Waals surface area contributed by atoms with E-state index < -0.39 is 23.8 Å². The third-order valence-electron chi connectivity index (χ3n) is 4.72. The Morgan fingerprint density at radius 2 is 1.90 bits per heavy atom. The summed E-state index contributed by atoms with van der Waals surface area (Å²) in [5.74, 6) is -2.37. The SMILES string of the molecule is Bc1cccc(C(NCCO)C(C(N)=O)C(=O)NC(CCC)c2ccccc2)n1. The molecule has 2 rings (SSSR count). The number of nitrogens with zero attached hydrogens (tertiary/aromatic N) is 1. The highest BCUT2D eigenvalue weighted by molar-refractivity contribution is 6.30. The van der Waals surface area contributed by atoms with Crippen LogP contribution in [0.4, 0.5) is 0 Å². The molecular formula is C21H29BN4O3. The van der Waals surface area contributed by atoms with Gasteiger partial charge in [0.25, 0.3) is 0 Å². The average molecular weight is 396 g/mol. The Morgan fingerprint density at radius 3 is 2.48 bits per heavy atom. The van der Waals surface area contributed by atoms with Crippen molar-refractivity contribution in [3.8, 4) is 0 Å². The lowest BCUT2D eigenvalue weighted by Gasteiger charge is -2.27. The molecule has 3 unspecified atom stereocenters. The summed E-state index contributed by atoms with van der Waals surface area (Å²) in [6.07, 6.45) is 1.60. The summed E-state index contributed by atoms with van der Waals surface area (Å²) < 4.78 is 0. The van der Waals surface area contributed by atoms with Crippen molar-refractivity contribution >= 4 is 25.3 Å². The minimum atomic E-state index is -1.17. The number of benzene rings is 1. The first-order valence-electron chi connectivity index (χ1n) is 9.90. The smallest absolute Gasteiger partial charge is 0.235 e. The number of carbonyl (C=O) groups is 2. The third-order valence-corrected chi connectivity index (χ3v) is 4.72. The molecule has 1 aromatic heterocycles. The van der Waals surface area contributed by atoms with E-state index in [4.69, 9.17) is 5.73 Å². The molecule has 29 heavy (non-hydrogen) atoms. The van der Waals surface area contributed by atoms with E-state index in [2.05, 4.69) is 15.6 Å². The number of pyridine rings is 1. The van der Waals surface area contributed by atoms with Gasteiger partial charge in [-0.05, 0) is 23.6 Å². The van der Waals surface area contributed by atoms with E-state index in [1.807, 2.05) is 57.2 Å². The van der Waals surface area contributed by atoms with Crippen LogP contribution >= 0.6 is 0 Å². The Labute approximate surface area is 172 Å². The normalized spacial score (nSPS) is 14.0. The maximum Gasteiger partial charge on any atom is 0.235 e. The molecule has 0 aliphatic rings. The highest BCUT2D eigenvalue weighted by Crippen LogP contribution is 2.24. The summed E-state index contributed by atoms with van der Waals surface area (Å²) in [5, 5.41) is 15.3. The van der Waals surface area contributed by atoms with Gasteiger partial charge in [0, 0.05) is 6.54 Å². The molecule has 5 N–H and O–H groups in total. The van der Waals surface area contributed by atoms with Crippen molar-refractivity contribution in [3.63, 3.8) is 0 Å². The van der Waals surface area contributed by atoms with E-state index in [1.165, 1.54) is 0 Å². The van der Waals surface area contributed by atoms with Crippen molar-refractivity contribution < 1.29 is 14.7 Å². The van der Waals surface area contributed by atoms with E-state index in [1.54, 1.807) is 6.07 Å². The number of primary amides is 1. The molecule has 7 nitrogen and oxygen atoms in total. The molecule has 0 fully saturated rings. The van der Waals surface area contributed by atoms with Crippen LogP contribution in [0.25, 0.3) is 0 Å². The predicted molar refractivity (Wildman–Crippen MR) is 115 cm³/mol. The zero-order valence-corrected chi connectivity index (χ0v) is 17.0. The molecular weight excluding hydrogens is 367 g/mol. The maximum atomic E-state index is 13.2. The zero-order valence-electron chi connectivity index (χ0n) is 17.0. The topological polar surface area (TPSA) is 117 Å². The molecule has 1 heterocycles. The quantitative estimate of drug-likeness (QED) is 0.308. The fourth-order valence-corrected chi connectivity index (χ4v) is 3.35. The van der Waals surface area contributed by atoms with Crippen molar-refractivity contribution in [2.75, 3.05) is 13.2 Å². The van der Waals surface area contributed by atoms with Gasteiger partial charge in [-0.25, -0.2) is 0 Å². The molecule has 0 aliphatic carbocycles. The fraction of sp³-hybridized carbons (Fsp3) is 0.381. The molecule has 2 aromatic rings. The monoisotopic (exact) mass is 396 g/mol. The maximum absolute atomic E-state index is 13.2. The van der Waals surface area contributed by atoms with Crippen molar-refractivity contribution in [2.45, 2.75) is 31.8 Å². The van der Waals surface area contributed by atoms with Gasteiger partial charge in [0.1, 0.15) is 5.92 Å². The van der Waals surface area contributed by atoms with Gasteiger partial charge in [-0.2, -0.15) is 0 Å². The fourth-order valence-electron chi connectivity index (χ4n) is 3.35. The lowest BCUT2D eigenvalue weighted by molar-refractivity contribution is -0.135. The van der Waals surface area contributed by atoms with Crippen LogP contribution in [0.15, 0.2) is 48.5 Å². The Balaban J connectivity index is 2.32. The molecule has 154 valence electrons. The molecule has 0 radical (unpaired) electrons. The largest absolute Gasteiger partial charge is 0.395 e. The molecule has 0 aliphatic heterocycles. The number of aliphatic hydroxyl groups is 1. The molecule has 0 spiro atoms. The highest BCUT2D eigenvalue weighted by Gasteiger charge is 2.36. The van der Waals surface area contributed by atoms with Crippen LogP contribution in [0.1, 0.15) is 43.1 Å². The van der Waals surface area contributed by atoms with Crippen LogP contribution in [0, 0.1) is 5.92 Å². The first-order chi connectivity index (χ1) is 14.0. The number of aromatic nitrogens is 1. The van der Waals surface area contributed by atoms with Gasteiger partial charge in [0.15, 0.2) is 7.85 Å². The summed E-state index contributed by atoms with van der Waals surface area (Å²) >= 11 is 0. The number of aliphatic hydroxyl groups excluding tert-OH is 1. The summed E-state index contributed by atoms with van der Waals surface area (Å²) in [6.45, 7) is 2.10. The van der Waals surface area contributed by atoms with Crippen LogP contribution in [-0.4, -0.2) is 42.9 Å². The van der Waals surface area contributed by atoms with E-state index in [-0.39, 0.29) is 19.2 Å². The van der Waals surface area contributed by atoms with E-state index in [9.17, 15) is 14.7 Å². The first-order valence-corrected chi connectivity index (χ1v) is 9.90. The molecule has 8 heteroatoms. The highest BCUT2D eigenvalue weighted by atomic mass is 16.3. The summed E-state index contributed by atoms with van der Waals surface area (Å²) in [4.78, 5) is 29.9. The van der Waals surface area contributed by atoms with Crippen molar-refractivity contribution in [1.82, 2.24) is 15.6 Å². The summed E-state index contributed by atoms with van der Waals surface area (Å²) in [7, 11) is 1.83. The molecule has 0 saturated heterocycles. The van der Waals surface area contributed by atoms with Gasteiger partial charge in [-0.15, -0.1) is 0 Å². The summed E-state index contributed by atoms with van der Waals surface area (Å²) in [6, 6.07) is 14.1. The standard InChI is InChI=1S/C21H29BN4O3/c1-2-7-15(14-8-4-3-5-9-14)26-21(29)18(20(23)28)19(24-12-13-27)16-10-6-11-17(22)25-16/h3-6,8-11,15,18-19,24,27H,2,7,12-13,22H2,1H3,(H2,23,28)(H,26,29). The van der Waals surface area contributed by atoms with Gasteiger partial charge < -0.3 is 21.5 Å². The Morgan fingerprint density at radius 1 is 1.17 bits per heavy atom. The number of amides is 2. The van der Waals surface area contributed by atoms with E-state index >= 15 is 0 Å². The van der Waals surface area contributed by atoms with Crippen LogP contribution in [0.5, 0.6) is 0 Å². The second-order valence-electron chi connectivity index (χ2n) is 7.00. The number of carbonyl (C=O) groups excluding carboxylic acids is 2. The zero-order chi connectivity index (χ0) is 21.2. The van der Waals surface area contributed by atoms with Gasteiger partial charge in [-0.1, -0.05) is 55.8 Å². The summed E-state index contributed by atoms with van der Waals surface area (Å²) in [5.41, 5.74) is 7.91. The van der Waals surface area contributed by atoms with Gasteiger partial charge in [0.2, 0.25) is 11.8 Å². The van der Waals surface area contributed by atoms with Crippen LogP contribution < -0.4 is 22.0 Å². The van der Waals surface area contributed by atoms with Crippen LogP contribution in [0.3, 0.4) is 0 Å². The van der Waals surface area contributed by atoms with Crippen molar-refractivity contribution in [1.29, 1.82) is 0 Å². The Bertz CT molecular complexity index is 804. The molecule has 0 bridgehead atoms. The second kappa shape index (κ2) is 11.3. The number of hydrogen-bond acceptors (Lipinski definition) is 5. The second-order valence-corrected chi connectivity index (χ2v) is 7.00. The number of rotatable bonds is 11. The van der Waals surface area contributed by atoms with E-state index in [0.29, 0.717) is 5.69 Å². The number of nitrogens with one attached hydrogen (secondary N) is 2. The average Bonchev–Trinajstić information content (AvgIpc) is 2.71. The lowest BCUT2D eigenvalue weighted by atomic mass is 9.92. The van der Waals surface area contributed by atoms with Crippen molar-refractivity contribution in [2.24, 2.45) is 11.7 Å². The minimum absolute atomic E-state index is 0.141. The van der Waals surface area contributed by atoms with E-state index in [0.717, 1.165) is 24.0 Å². The Kier molecular flexibility index (Phi) is 8.83. The van der Waals surface area contributed by atoms with Gasteiger partial charge in [-0.3, -0.25) is 14.6 Å². The minimum Gasteiger partial charge on any atom is -0.395 e. The molecule has 2 amide bonds. The number of hydrogen-bond donors (Lipinski definition) is 4. The van der Waals surface area contributed by atoms with Crippen molar-refractivity contribution in [3.05, 3.63) is 59.8 Å². The number of nitrogens with two attached hydrogens (primary N) is 1. The lowest BCUT2D eigenvalue weighted by Crippen LogP contribution is -2.48. The third kappa shape index (κ3) is 6.40. The van der Waals surface area contributed by atoms with Crippen LogP contribution in [-0.2, 0) is 9.59 Å². The van der Waals surface area contributed by atoms with Crippen LogP contribution in [0.2, 0.25) is 0 Å². The van der Waals surface area contributed by atoms with Gasteiger partial charge >= 0.3 is 0 Å². The van der Waals surface area contributed by atoms with Gasteiger partial charge in [0.05, 0.1) is 24.4 Å². The predicted octanol–water partition coefficient (Wildman–Crippen LogP) is -0.278. The molecule has 3 atom stereocenters. The molecule has 1 aromatic carbocycles.